The molecule has 0 amide bonds. The average molecular weight is 343 g/mol. The Morgan fingerprint density at radius 3 is 2.96 bits per heavy atom. The molecular weight excluding hydrogens is 326 g/mol. The molecule has 1 aliphatic rings. The molecule has 1 unspecified atom stereocenters. The monoisotopic (exact) mass is 343 g/mol. The quantitative estimate of drug-likeness (QED) is 0.529. The van der Waals surface area contributed by atoms with Crippen molar-refractivity contribution in [3.63, 3.8) is 0 Å². The van der Waals surface area contributed by atoms with Gasteiger partial charge in [-0.05, 0) is 48.9 Å². The highest BCUT2D eigenvalue weighted by Crippen LogP contribution is 2.46. The summed E-state index contributed by atoms with van der Waals surface area (Å²) < 4.78 is 0. The number of H-pyrrole nitrogens is 2. The fraction of sp³-hybridized carbons (Fsp3) is 0.250. The number of nitrogens with zero attached hydrogens (tertiary/aromatic N) is 3. The zero-order valence-electron chi connectivity index (χ0n) is 14.2. The Morgan fingerprint density at radius 1 is 1.35 bits per heavy atom. The average Bonchev–Trinajstić information content (AvgIpc) is 3.21. The normalized spacial score (nSPS) is 15.4. The molecule has 6 nitrogen and oxygen atoms in total. The van der Waals surface area contributed by atoms with Gasteiger partial charge in [0.1, 0.15) is 18.0 Å². The Balaban J connectivity index is 1.70. The van der Waals surface area contributed by atoms with Gasteiger partial charge in [0.15, 0.2) is 5.65 Å². The Morgan fingerprint density at radius 2 is 2.19 bits per heavy atom. The van der Waals surface area contributed by atoms with Crippen LogP contribution in [0.5, 0.6) is 0 Å². The van der Waals surface area contributed by atoms with E-state index in [1.807, 2.05) is 12.3 Å². The van der Waals surface area contributed by atoms with Gasteiger partial charge in [0, 0.05) is 28.9 Å². The van der Waals surface area contributed by atoms with Crippen LogP contribution in [0.15, 0.2) is 30.6 Å². The minimum Gasteiger partial charge on any atom is -0.380 e. The maximum absolute atomic E-state index is 11.2. The van der Waals surface area contributed by atoms with Crippen LogP contribution in [0.2, 0.25) is 0 Å². The SMILES string of the molecule is Cc1cc(C2CC2)c(C(O)c2nc3ncc(C#N)cc3[nH]2)c2cc[nH]c12. The lowest BCUT2D eigenvalue weighted by molar-refractivity contribution is 0.212. The van der Waals surface area contributed by atoms with Crippen molar-refractivity contribution in [2.45, 2.75) is 31.8 Å². The van der Waals surface area contributed by atoms with E-state index >= 15 is 0 Å². The summed E-state index contributed by atoms with van der Waals surface area (Å²) >= 11 is 0. The van der Waals surface area contributed by atoms with Gasteiger partial charge in [-0.2, -0.15) is 5.26 Å². The fourth-order valence-electron chi connectivity index (χ4n) is 3.74. The lowest BCUT2D eigenvalue weighted by Crippen LogP contribution is -2.07. The number of aromatic amines is 2. The number of benzene rings is 1. The number of aliphatic hydroxyl groups excluding tert-OH is 1. The summed E-state index contributed by atoms with van der Waals surface area (Å²) in [4.78, 5) is 15.1. The fourth-order valence-corrected chi connectivity index (χ4v) is 3.74. The summed E-state index contributed by atoms with van der Waals surface area (Å²) in [6.45, 7) is 2.09. The van der Waals surface area contributed by atoms with Crippen molar-refractivity contribution in [1.82, 2.24) is 19.9 Å². The smallest absolute Gasteiger partial charge is 0.177 e. The standard InChI is InChI=1S/C20H17N5O/c1-10-6-14(12-2-3-12)16(13-4-5-22-17(10)13)18(26)20-24-15-7-11(8-21)9-23-19(15)25-20/h4-7,9,12,18,22,26H,2-3H2,1H3,(H,23,24,25). The maximum atomic E-state index is 11.2. The number of aryl methyl sites for hydroxylation is 1. The van der Waals surface area contributed by atoms with Crippen molar-refractivity contribution < 1.29 is 5.11 Å². The van der Waals surface area contributed by atoms with E-state index in [4.69, 9.17) is 5.26 Å². The highest BCUT2D eigenvalue weighted by molar-refractivity contribution is 5.88. The summed E-state index contributed by atoms with van der Waals surface area (Å²) in [6, 6.07) is 7.97. The van der Waals surface area contributed by atoms with E-state index in [0.29, 0.717) is 28.5 Å². The zero-order chi connectivity index (χ0) is 17.8. The Hall–Kier alpha value is -3.17. The van der Waals surface area contributed by atoms with Crippen molar-refractivity contribution in [2.24, 2.45) is 0 Å². The van der Waals surface area contributed by atoms with Crippen molar-refractivity contribution >= 4 is 22.1 Å². The highest BCUT2D eigenvalue weighted by atomic mass is 16.3. The number of nitrogens with one attached hydrogen (secondary N) is 2. The topological polar surface area (TPSA) is 101 Å². The molecule has 1 fully saturated rings. The molecule has 0 spiro atoms. The second-order valence-corrected chi connectivity index (χ2v) is 6.97. The number of aromatic nitrogens is 4. The maximum Gasteiger partial charge on any atom is 0.177 e. The largest absolute Gasteiger partial charge is 0.380 e. The zero-order valence-corrected chi connectivity index (χ0v) is 14.2. The molecule has 1 aliphatic carbocycles. The molecule has 26 heavy (non-hydrogen) atoms. The molecule has 0 saturated heterocycles. The number of pyridine rings is 1. The van der Waals surface area contributed by atoms with Crippen molar-refractivity contribution in [2.75, 3.05) is 0 Å². The molecule has 1 atom stereocenters. The minimum absolute atomic E-state index is 0.454. The number of hydrogen-bond acceptors (Lipinski definition) is 4. The summed E-state index contributed by atoms with van der Waals surface area (Å²) in [7, 11) is 0. The van der Waals surface area contributed by atoms with E-state index in [0.717, 1.165) is 29.3 Å². The van der Waals surface area contributed by atoms with Crippen LogP contribution in [0.1, 0.15) is 52.9 Å². The minimum atomic E-state index is -0.871. The summed E-state index contributed by atoms with van der Waals surface area (Å²) in [5, 5.41) is 21.3. The van der Waals surface area contributed by atoms with E-state index < -0.39 is 6.10 Å². The summed E-state index contributed by atoms with van der Waals surface area (Å²) in [5.41, 5.74) is 5.97. The van der Waals surface area contributed by atoms with Gasteiger partial charge < -0.3 is 15.1 Å². The molecule has 1 aromatic carbocycles. The van der Waals surface area contributed by atoms with E-state index in [9.17, 15) is 5.11 Å². The van der Waals surface area contributed by atoms with Gasteiger partial charge in [-0.3, -0.25) is 0 Å². The third kappa shape index (κ3) is 2.21. The third-order valence-corrected chi connectivity index (χ3v) is 5.15. The first-order valence-electron chi connectivity index (χ1n) is 8.70. The van der Waals surface area contributed by atoms with Crippen LogP contribution in [0.3, 0.4) is 0 Å². The number of fused-ring (bicyclic) bond motifs is 2. The molecule has 1 saturated carbocycles. The number of imidazole rings is 1. The first-order valence-corrected chi connectivity index (χ1v) is 8.70. The molecule has 3 N–H and O–H groups in total. The van der Waals surface area contributed by atoms with Gasteiger partial charge in [0.25, 0.3) is 0 Å². The molecule has 128 valence electrons. The summed E-state index contributed by atoms with van der Waals surface area (Å²) in [6.07, 6.45) is 4.84. The number of nitriles is 1. The highest BCUT2D eigenvalue weighted by Gasteiger charge is 2.31. The van der Waals surface area contributed by atoms with Crippen LogP contribution in [-0.2, 0) is 0 Å². The lowest BCUT2D eigenvalue weighted by Gasteiger charge is -2.17. The van der Waals surface area contributed by atoms with Crippen LogP contribution in [0, 0.1) is 18.3 Å². The van der Waals surface area contributed by atoms with Crippen LogP contribution in [-0.4, -0.2) is 25.0 Å². The van der Waals surface area contributed by atoms with Crippen molar-refractivity contribution in [3.8, 4) is 6.07 Å². The molecule has 6 heteroatoms. The second kappa shape index (κ2) is 5.41. The molecule has 3 heterocycles. The van der Waals surface area contributed by atoms with E-state index in [1.54, 1.807) is 6.07 Å². The lowest BCUT2D eigenvalue weighted by atomic mass is 9.92. The molecule has 0 radical (unpaired) electrons. The Bertz CT molecular complexity index is 1190. The third-order valence-electron chi connectivity index (χ3n) is 5.15. The Labute approximate surface area is 149 Å². The number of aliphatic hydroxyl groups is 1. The Kier molecular flexibility index (Phi) is 3.15. The van der Waals surface area contributed by atoms with Gasteiger partial charge >= 0.3 is 0 Å². The van der Waals surface area contributed by atoms with Crippen molar-refractivity contribution in [1.29, 1.82) is 5.26 Å². The number of rotatable bonds is 3. The summed E-state index contributed by atoms with van der Waals surface area (Å²) in [5.74, 6) is 0.959. The van der Waals surface area contributed by atoms with Crippen LogP contribution >= 0.6 is 0 Å². The molecule has 3 aromatic heterocycles. The molecular formula is C20H17N5O. The van der Waals surface area contributed by atoms with E-state index in [1.165, 1.54) is 17.3 Å². The molecule has 0 bridgehead atoms. The predicted octanol–water partition coefficient (Wildman–Crippen LogP) is 3.58. The van der Waals surface area contributed by atoms with Crippen molar-refractivity contribution in [3.05, 3.63) is 58.7 Å². The van der Waals surface area contributed by atoms with Gasteiger partial charge in [-0.15, -0.1) is 0 Å². The number of hydrogen-bond donors (Lipinski definition) is 3. The van der Waals surface area contributed by atoms with Crippen LogP contribution in [0.25, 0.3) is 22.1 Å². The van der Waals surface area contributed by atoms with E-state index in [-0.39, 0.29) is 0 Å². The molecule has 0 aliphatic heterocycles. The molecule has 4 aromatic rings. The predicted molar refractivity (Wildman–Crippen MR) is 97.7 cm³/mol. The van der Waals surface area contributed by atoms with Gasteiger partial charge in [0.2, 0.25) is 0 Å². The first-order chi connectivity index (χ1) is 12.7. The van der Waals surface area contributed by atoms with Gasteiger partial charge in [0.05, 0.1) is 11.1 Å². The second-order valence-electron chi connectivity index (χ2n) is 6.97. The van der Waals surface area contributed by atoms with E-state index in [2.05, 4.69) is 39.0 Å². The van der Waals surface area contributed by atoms with Gasteiger partial charge in [-0.25, -0.2) is 9.97 Å². The first kappa shape index (κ1) is 15.1. The van der Waals surface area contributed by atoms with Gasteiger partial charge in [-0.1, -0.05) is 6.07 Å². The van der Waals surface area contributed by atoms with Crippen LogP contribution in [0.4, 0.5) is 0 Å². The van der Waals surface area contributed by atoms with Crippen LogP contribution < -0.4 is 0 Å². The molecule has 5 rings (SSSR count).